The third-order valence-electron chi connectivity index (χ3n) is 3.90. The van der Waals surface area contributed by atoms with Crippen LogP contribution in [-0.4, -0.2) is 29.8 Å². The standard InChI is InChI=1S/C21H16Cl2N4O4/c1-24-19(28)18-11-15(7-8-25-18)31-14-4-2-3-12(9-14)26-20(29)21(30)27-13-5-6-16(22)17(23)10-13/h2-11H,1H3,(H,24,28)(H,26,29)(H,27,30). The highest BCUT2D eigenvalue weighted by molar-refractivity contribution is 6.44. The molecule has 0 radical (unpaired) electrons. The summed E-state index contributed by atoms with van der Waals surface area (Å²) in [6.45, 7) is 0. The molecule has 0 spiro atoms. The van der Waals surface area contributed by atoms with Crippen LogP contribution < -0.4 is 20.7 Å². The predicted molar refractivity (Wildman–Crippen MR) is 118 cm³/mol. The summed E-state index contributed by atoms with van der Waals surface area (Å²) in [6.07, 6.45) is 1.44. The fourth-order valence-corrected chi connectivity index (χ4v) is 2.75. The molecule has 3 amide bonds. The molecule has 0 aliphatic heterocycles. The van der Waals surface area contributed by atoms with Crippen molar-refractivity contribution in [1.29, 1.82) is 0 Å². The van der Waals surface area contributed by atoms with Crippen molar-refractivity contribution >= 4 is 52.3 Å². The number of anilines is 2. The molecular weight excluding hydrogens is 443 g/mol. The molecule has 2 aromatic carbocycles. The van der Waals surface area contributed by atoms with Gasteiger partial charge in [0.15, 0.2) is 0 Å². The highest BCUT2D eigenvalue weighted by Gasteiger charge is 2.15. The average molecular weight is 459 g/mol. The SMILES string of the molecule is CNC(=O)c1cc(Oc2cccc(NC(=O)C(=O)Nc3ccc(Cl)c(Cl)c3)c2)ccn1. The molecule has 0 bridgehead atoms. The van der Waals surface area contributed by atoms with Crippen LogP contribution in [0.15, 0.2) is 60.8 Å². The third kappa shape index (κ3) is 5.94. The third-order valence-corrected chi connectivity index (χ3v) is 4.64. The van der Waals surface area contributed by atoms with Gasteiger partial charge < -0.3 is 20.7 Å². The lowest BCUT2D eigenvalue weighted by molar-refractivity contribution is -0.132. The quantitative estimate of drug-likeness (QED) is 0.498. The Morgan fingerprint density at radius 2 is 1.52 bits per heavy atom. The Morgan fingerprint density at radius 1 is 0.839 bits per heavy atom. The lowest BCUT2D eigenvalue weighted by atomic mass is 10.2. The van der Waals surface area contributed by atoms with E-state index in [0.717, 1.165) is 0 Å². The highest BCUT2D eigenvalue weighted by Crippen LogP contribution is 2.26. The topological polar surface area (TPSA) is 109 Å². The minimum absolute atomic E-state index is 0.198. The Balaban J connectivity index is 1.66. The Hall–Kier alpha value is -3.62. The van der Waals surface area contributed by atoms with Gasteiger partial charge in [0, 0.05) is 36.8 Å². The van der Waals surface area contributed by atoms with E-state index in [1.54, 1.807) is 24.3 Å². The normalized spacial score (nSPS) is 10.2. The minimum Gasteiger partial charge on any atom is -0.457 e. The first-order valence-corrected chi connectivity index (χ1v) is 9.65. The Bertz CT molecular complexity index is 1150. The van der Waals surface area contributed by atoms with Gasteiger partial charge in [0.05, 0.1) is 10.0 Å². The summed E-state index contributed by atoms with van der Waals surface area (Å²) in [5, 5.41) is 7.98. The van der Waals surface area contributed by atoms with Crippen LogP contribution in [0.25, 0.3) is 0 Å². The van der Waals surface area contributed by atoms with E-state index in [0.29, 0.717) is 27.9 Å². The lowest BCUT2D eigenvalue weighted by Crippen LogP contribution is -2.29. The van der Waals surface area contributed by atoms with Gasteiger partial charge in [-0.05, 0) is 36.4 Å². The molecule has 158 valence electrons. The van der Waals surface area contributed by atoms with Crippen LogP contribution >= 0.6 is 23.2 Å². The summed E-state index contributed by atoms with van der Waals surface area (Å²) >= 11 is 11.7. The molecule has 3 aromatic rings. The summed E-state index contributed by atoms with van der Waals surface area (Å²) in [4.78, 5) is 40.0. The number of nitrogens with zero attached hydrogens (tertiary/aromatic N) is 1. The summed E-state index contributed by atoms with van der Waals surface area (Å²) in [6, 6.07) is 14.0. The summed E-state index contributed by atoms with van der Waals surface area (Å²) in [7, 11) is 1.50. The van der Waals surface area contributed by atoms with Crippen molar-refractivity contribution < 1.29 is 19.1 Å². The van der Waals surface area contributed by atoms with Gasteiger partial charge in [-0.15, -0.1) is 0 Å². The lowest BCUT2D eigenvalue weighted by Gasteiger charge is -2.10. The molecule has 0 fully saturated rings. The van der Waals surface area contributed by atoms with Crippen LogP contribution in [0.1, 0.15) is 10.5 Å². The van der Waals surface area contributed by atoms with E-state index >= 15 is 0 Å². The number of pyridine rings is 1. The van der Waals surface area contributed by atoms with Crippen molar-refractivity contribution in [3.63, 3.8) is 0 Å². The largest absolute Gasteiger partial charge is 0.457 e. The second kappa shape index (κ2) is 9.92. The molecule has 1 heterocycles. The molecule has 3 N–H and O–H groups in total. The monoisotopic (exact) mass is 458 g/mol. The van der Waals surface area contributed by atoms with Crippen molar-refractivity contribution in [3.8, 4) is 11.5 Å². The van der Waals surface area contributed by atoms with Crippen molar-refractivity contribution in [2.45, 2.75) is 0 Å². The number of hydrogen-bond acceptors (Lipinski definition) is 5. The van der Waals surface area contributed by atoms with E-state index in [-0.39, 0.29) is 16.6 Å². The van der Waals surface area contributed by atoms with Crippen LogP contribution in [-0.2, 0) is 9.59 Å². The smallest absolute Gasteiger partial charge is 0.314 e. The number of benzene rings is 2. The molecule has 0 aliphatic carbocycles. The zero-order valence-corrected chi connectivity index (χ0v) is 17.6. The Kier molecular flexibility index (Phi) is 7.07. The van der Waals surface area contributed by atoms with Crippen LogP contribution in [0, 0.1) is 0 Å². The molecule has 31 heavy (non-hydrogen) atoms. The second-order valence-corrected chi connectivity index (χ2v) is 6.94. The van der Waals surface area contributed by atoms with Gasteiger partial charge >= 0.3 is 11.8 Å². The first-order valence-electron chi connectivity index (χ1n) is 8.89. The van der Waals surface area contributed by atoms with Crippen LogP contribution in [0.4, 0.5) is 11.4 Å². The maximum Gasteiger partial charge on any atom is 0.314 e. The zero-order chi connectivity index (χ0) is 22.4. The van der Waals surface area contributed by atoms with Gasteiger partial charge in [-0.2, -0.15) is 0 Å². The summed E-state index contributed by atoms with van der Waals surface area (Å²) < 4.78 is 5.72. The Morgan fingerprint density at radius 3 is 2.19 bits per heavy atom. The van der Waals surface area contributed by atoms with Crippen molar-refractivity contribution in [2.24, 2.45) is 0 Å². The second-order valence-electron chi connectivity index (χ2n) is 6.12. The number of nitrogens with one attached hydrogen (secondary N) is 3. The molecular formula is C21H16Cl2N4O4. The minimum atomic E-state index is -0.881. The molecule has 10 heteroatoms. The molecule has 1 aromatic heterocycles. The number of aromatic nitrogens is 1. The van der Waals surface area contributed by atoms with E-state index in [2.05, 4.69) is 20.9 Å². The fourth-order valence-electron chi connectivity index (χ4n) is 2.45. The Labute approximate surface area is 187 Å². The van der Waals surface area contributed by atoms with Gasteiger partial charge in [0.25, 0.3) is 5.91 Å². The molecule has 0 unspecified atom stereocenters. The van der Waals surface area contributed by atoms with E-state index in [1.165, 1.54) is 43.6 Å². The van der Waals surface area contributed by atoms with Crippen molar-refractivity contribution in [2.75, 3.05) is 17.7 Å². The van der Waals surface area contributed by atoms with Gasteiger partial charge in [0.1, 0.15) is 17.2 Å². The van der Waals surface area contributed by atoms with Crippen molar-refractivity contribution in [3.05, 3.63) is 76.5 Å². The van der Waals surface area contributed by atoms with E-state index in [9.17, 15) is 14.4 Å². The van der Waals surface area contributed by atoms with Gasteiger partial charge in [-0.25, -0.2) is 0 Å². The van der Waals surface area contributed by atoms with Crippen molar-refractivity contribution in [1.82, 2.24) is 10.3 Å². The fraction of sp³-hybridized carbons (Fsp3) is 0.0476. The average Bonchev–Trinajstić information content (AvgIpc) is 2.76. The molecule has 0 saturated heterocycles. The number of halogens is 2. The van der Waals surface area contributed by atoms with E-state index in [1.807, 2.05) is 0 Å². The summed E-state index contributed by atoms with van der Waals surface area (Å²) in [5.41, 5.74) is 0.868. The maximum atomic E-state index is 12.2. The van der Waals surface area contributed by atoms with E-state index in [4.69, 9.17) is 27.9 Å². The number of hydrogen-bond donors (Lipinski definition) is 3. The predicted octanol–water partition coefficient (Wildman–Crippen LogP) is 4.12. The van der Waals surface area contributed by atoms with Crippen LogP contribution in [0.5, 0.6) is 11.5 Å². The number of carbonyl (C=O) groups excluding carboxylic acids is 3. The van der Waals surface area contributed by atoms with Crippen LogP contribution in [0.2, 0.25) is 10.0 Å². The number of rotatable bonds is 5. The van der Waals surface area contributed by atoms with Gasteiger partial charge in [-0.3, -0.25) is 19.4 Å². The van der Waals surface area contributed by atoms with Gasteiger partial charge in [0.2, 0.25) is 0 Å². The summed E-state index contributed by atoms with van der Waals surface area (Å²) in [5.74, 6) is -1.34. The first-order chi connectivity index (χ1) is 14.9. The molecule has 8 nitrogen and oxygen atoms in total. The van der Waals surface area contributed by atoms with Crippen LogP contribution in [0.3, 0.4) is 0 Å². The number of carbonyl (C=O) groups is 3. The highest BCUT2D eigenvalue weighted by atomic mass is 35.5. The molecule has 0 aliphatic rings. The number of amides is 3. The zero-order valence-electron chi connectivity index (χ0n) is 16.1. The van der Waals surface area contributed by atoms with E-state index < -0.39 is 11.8 Å². The molecule has 3 rings (SSSR count). The van der Waals surface area contributed by atoms with Gasteiger partial charge in [-0.1, -0.05) is 29.3 Å². The maximum absolute atomic E-state index is 12.2. The molecule has 0 saturated carbocycles. The first kappa shape index (κ1) is 22.1. The molecule has 0 atom stereocenters. The number of ether oxygens (including phenoxy) is 1.